The average Bonchev–Trinajstić information content (AvgIpc) is 3.50. The van der Waals surface area contributed by atoms with E-state index in [9.17, 15) is 9.59 Å². The van der Waals surface area contributed by atoms with E-state index in [1.54, 1.807) is 36.0 Å². The van der Waals surface area contributed by atoms with Gasteiger partial charge in [0.15, 0.2) is 0 Å². The standard InChI is InChI=1S/C23H13N5O2S2/c1-8-6-12-20(31-8)24-18-10-4-5-11-15-14(10)16(22(29)27(12)18)26(3)17(15)23(30)28-13-7-9(2)32-21(13)25-19(11)28/h4-7H,1-3H3. The molecule has 0 aliphatic rings. The van der Waals surface area contributed by atoms with Gasteiger partial charge in [0.25, 0.3) is 11.1 Å². The van der Waals surface area contributed by atoms with Crippen molar-refractivity contribution < 1.29 is 0 Å². The molecule has 7 heterocycles. The third-order valence-corrected chi connectivity index (χ3v) is 8.46. The predicted octanol–water partition coefficient (Wildman–Crippen LogP) is 4.42. The molecule has 0 atom stereocenters. The van der Waals surface area contributed by atoms with E-state index in [1.165, 1.54) is 0 Å². The molecule has 0 unspecified atom stereocenters. The van der Waals surface area contributed by atoms with Crippen LogP contribution in [0, 0.1) is 13.8 Å². The number of imidazole rings is 2. The Morgan fingerprint density at radius 3 is 1.62 bits per heavy atom. The van der Waals surface area contributed by atoms with Crippen LogP contribution in [0.15, 0.2) is 33.9 Å². The van der Waals surface area contributed by atoms with E-state index in [2.05, 4.69) is 0 Å². The summed E-state index contributed by atoms with van der Waals surface area (Å²) in [4.78, 5) is 41.1. The minimum Gasteiger partial charge on any atom is -0.335 e. The first-order chi connectivity index (χ1) is 15.4. The lowest BCUT2D eigenvalue weighted by Crippen LogP contribution is -2.17. The second-order valence-corrected chi connectivity index (χ2v) is 10.9. The van der Waals surface area contributed by atoms with E-state index in [0.29, 0.717) is 22.3 Å². The third-order valence-electron chi connectivity index (χ3n) is 6.60. The van der Waals surface area contributed by atoms with Crippen molar-refractivity contribution in [2.45, 2.75) is 13.8 Å². The van der Waals surface area contributed by atoms with Gasteiger partial charge < -0.3 is 4.57 Å². The molecule has 154 valence electrons. The number of benzene rings is 1. The van der Waals surface area contributed by atoms with Crippen LogP contribution in [0.3, 0.4) is 0 Å². The molecule has 0 bridgehead atoms. The number of rotatable bonds is 0. The zero-order chi connectivity index (χ0) is 21.6. The van der Waals surface area contributed by atoms with E-state index in [1.807, 2.05) is 45.2 Å². The number of pyridine rings is 2. The summed E-state index contributed by atoms with van der Waals surface area (Å²) in [6, 6.07) is 8.04. The fraction of sp³-hybridized carbons (Fsp3) is 0.130. The van der Waals surface area contributed by atoms with Gasteiger partial charge in [0.2, 0.25) is 0 Å². The molecule has 7 aromatic heterocycles. The molecule has 8 rings (SSSR count). The van der Waals surface area contributed by atoms with Crippen LogP contribution < -0.4 is 11.1 Å². The lowest BCUT2D eigenvalue weighted by Gasteiger charge is -2.04. The molecule has 0 N–H and O–H groups in total. The quantitative estimate of drug-likeness (QED) is 0.317. The van der Waals surface area contributed by atoms with E-state index in [0.717, 1.165) is 52.0 Å². The number of aromatic nitrogens is 5. The first kappa shape index (κ1) is 17.0. The van der Waals surface area contributed by atoms with Crippen molar-refractivity contribution >= 4 is 87.2 Å². The van der Waals surface area contributed by atoms with Gasteiger partial charge in [0.05, 0.1) is 11.0 Å². The number of aryl methyl sites for hydroxylation is 3. The highest BCUT2D eigenvalue weighted by atomic mass is 32.1. The molecule has 0 saturated carbocycles. The summed E-state index contributed by atoms with van der Waals surface area (Å²) in [6.45, 7) is 4.03. The Morgan fingerprint density at radius 2 is 1.19 bits per heavy atom. The number of nitrogens with zero attached hydrogens (tertiary/aromatic N) is 5. The van der Waals surface area contributed by atoms with Crippen LogP contribution in [-0.2, 0) is 7.05 Å². The van der Waals surface area contributed by atoms with Crippen LogP contribution in [0.5, 0.6) is 0 Å². The molecule has 0 aliphatic carbocycles. The maximum atomic E-state index is 13.8. The maximum absolute atomic E-state index is 13.8. The van der Waals surface area contributed by atoms with Crippen molar-refractivity contribution in [3.8, 4) is 0 Å². The molecular formula is C23H13N5O2S2. The molecule has 0 saturated heterocycles. The highest BCUT2D eigenvalue weighted by Gasteiger charge is 2.27. The average molecular weight is 456 g/mol. The number of fused-ring (bicyclic) bond motifs is 8. The summed E-state index contributed by atoms with van der Waals surface area (Å²) in [5.41, 5.74) is 3.69. The normalized spacial score (nSPS) is 13.1. The summed E-state index contributed by atoms with van der Waals surface area (Å²) in [5, 5.41) is 3.36. The summed E-state index contributed by atoms with van der Waals surface area (Å²) in [5.74, 6) is 0. The molecule has 0 spiro atoms. The van der Waals surface area contributed by atoms with Gasteiger partial charge in [0, 0.05) is 38.3 Å². The third kappa shape index (κ3) is 1.66. The smallest absolute Gasteiger partial charge is 0.281 e. The van der Waals surface area contributed by atoms with Crippen LogP contribution in [0.2, 0.25) is 0 Å². The van der Waals surface area contributed by atoms with Crippen molar-refractivity contribution in [1.82, 2.24) is 23.3 Å². The Balaban J connectivity index is 1.75. The van der Waals surface area contributed by atoms with E-state index in [4.69, 9.17) is 9.97 Å². The monoisotopic (exact) mass is 455 g/mol. The lowest BCUT2D eigenvalue weighted by molar-refractivity contribution is 0.979. The van der Waals surface area contributed by atoms with Crippen LogP contribution in [0.4, 0.5) is 0 Å². The van der Waals surface area contributed by atoms with Gasteiger partial charge in [-0.15, -0.1) is 22.7 Å². The van der Waals surface area contributed by atoms with Gasteiger partial charge in [-0.1, -0.05) is 0 Å². The van der Waals surface area contributed by atoms with E-state index in [-0.39, 0.29) is 11.1 Å². The second kappa shape index (κ2) is 5.08. The zero-order valence-electron chi connectivity index (χ0n) is 17.2. The van der Waals surface area contributed by atoms with Crippen molar-refractivity contribution in [3.63, 3.8) is 0 Å². The highest BCUT2D eigenvalue weighted by Crippen LogP contribution is 2.39. The zero-order valence-corrected chi connectivity index (χ0v) is 18.8. The van der Waals surface area contributed by atoms with Crippen molar-refractivity contribution in [1.29, 1.82) is 0 Å². The summed E-state index contributed by atoms with van der Waals surface area (Å²) in [6.07, 6.45) is 0. The summed E-state index contributed by atoms with van der Waals surface area (Å²) < 4.78 is 5.16. The largest absolute Gasteiger partial charge is 0.335 e. The predicted molar refractivity (Wildman–Crippen MR) is 131 cm³/mol. The van der Waals surface area contributed by atoms with Gasteiger partial charge in [-0.05, 0) is 38.1 Å². The first-order valence-corrected chi connectivity index (χ1v) is 11.8. The molecule has 9 heteroatoms. The van der Waals surface area contributed by atoms with Gasteiger partial charge >= 0.3 is 0 Å². The summed E-state index contributed by atoms with van der Waals surface area (Å²) in [7, 11) is 1.81. The van der Waals surface area contributed by atoms with Crippen molar-refractivity contribution in [2.24, 2.45) is 7.05 Å². The molecule has 32 heavy (non-hydrogen) atoms. The minimum absolute atomic E-state index is 0.146. The first-order valence-electron chi connectivity index (χ1n) is 10.2. The molecule has 0 radical (unpaired) electrons. The minimum atomic E-state index is -0.146. The van der Waals surface area contributed by atoms with E-state index < -0.39 is 0 Å². The molecule has 0 aliphatic heterocycles. The van der Waals surface area contributed by atoms with Crippen molar-refractivity contribution in [2.75, 3.05) is 0 Å². The van der Waals surface area contributed by atoms with Crippen LogP contribution >= 0.6 is 22.7 Å². The fourth-order valence-corrected chi connectivity index (χ4v) is 7.10. The second-order valence-electron chi connectivity index (χ2n) is 8.41. The maximum Gasteiger partial charge on any atom is 0.281 e. The molecule has 7 nitrogen and oxygen atoms in total. The van der Waals surface area contributed by atoms with Gasteiger partial charge in [-0.2, -0.15) is 0 Å². The Kier molecular flexibility index (Phi) is 2.71. The highest BCUT2D eigenvalue weighted by molar-refractivity contribution is 7.18. The van der Waals surface area contributed by atoms with Gasteiger partial charge in [-0.25, -0.2) is 9.97 Å². The van der Waals surface area contributed by atoms with Gasteiger partial charge in [-0.3, -0.25) is 18.4 Å². The molecule has 0 amide bonds. The molecular weight excluding hydrogens is 442 g/mol. The Hall–Kier alpha value is -3.56. The van der Waals surface area contributed by atoms with Crippen LogP contribution in [0.1, 0.15) is 9.75 Å². The topological polar surface area (TPSA) is 73.7 Å². The van der Waals surface area contributed by atoms with Gasteiger partial charge in [0.1, 0.15) is 32.0 Å². The van der Waals surface area contributed by atoms with Crippen LogP contribution in [0.25, 0.3) is 64.6 Å². The fourth-order valence-electron chi connectivity index (χ4n) is 5.38. The number of thiophene rings is 2. The molecule has 1 aromatic carbocycles. The lowest BCUT2D eigenvalue weighted by atomic mass is 10.0. The SMILES string of the molecule is Cc1cc2c(nc3c4ccc5c6c4c(c(=O)n23)n(C)c6c(=O)n2c3cc(C)sc3nc52)s1. The number of hydrogen-bond acceptors (Lipinski definition) is 6. The number of hydrogen-bond donors (Lipinski definition) is 0. The van der Waals surface area contributed by atoms with Crippen LogP contribution in [-0.4, -0.2) is 23.3 Å². The Bertz CT molecular complexity index is 2070. The Labute approximate surface area is 186 Å². The van der Waals surface area contributed by atoms with E-state index >= 15 is 0 Å². The Morgan fingerprint density at radius 1 is 0.750 bits per heavy atom. The molecule has 8 aromatic rings. The summed E-state index contributed by atoms with van der Waals surface area (Å²) >= 11 is 3.17. The molecule has 0 fully saturated rings. The van der Waals surface area contributed by atoms with Crippen molar-refractivity contribution in [3.05, 3.63) is 54.7 Å².